The molecule has 0 saturated heterocycles. The van der Waals surface area contributed by atoms with Crippen LogP contribution in [0.25, 0.3) is 0 Å². The lowest BCUT2D eigenvalue weighted by atomic mass is 10.2. The second-order valence-corrected chi connectivity index (χ2v) is 6.48. The lowest BCUT2D eigenvalue weighted by Gasteiger charge is -2.29. The zero-order valence-corrected chi connectivity index (χ0v) is 17.0. The van der Waals surface area contributed by atoms with Crippen molar-refractivity contribution in [3.05, 3.63) is 35.9 Å². The molecule has 0 aliphatic heterocycles. The Kier molecular flexibility index (Phi) is 8.43. The van der Waals surface area contributed by atoms with Gasteiger partial charge in [0.1, 0.15) is 12.6 Å². The summed E-state index contributed by atoms with van der Waals surface area (Å²) >= 11 is 0. The van der Waals surface area contributed by atoms with E-state index in [1.54, 1.807) is 12.1 Å². The smallest absolute Gasteiger partial charge is 0.347 e. The molecule has 1 aromatic rings. The van der Waals surface area contributed by atoms with Gasteiger partial charge in [-0.15, -0.1) is 0 Å². The summed E-state index contributed by atoms with van der Waals surface area (Å²) in [4.78, 5) is 51.6. The quantitative estimate of drug-likeness (QED) is 0.683. The Hall–Kier alpha value is -3.10. The lowest BCUT2D eigenvalue weighted by Crippen LogP contribution is -2.51. The molecule has 4 amide bonds. The fraction of sp³-hybridized carbons (Fsp3) is 0.474. The van der Waals surface area contributed by atoms with Crippen molar-refractivity contribution in [3.8, 4) is 0 Å². The minimum Gasteiger partial charge on any atom is -0.458 e. The third-order valence-corrected chi connectivity index (χ3v) is 4.03. The summed E-state index contributed by atoms with van der Waals surface area (Å²) in [6.07, 6.45) is -1.14. The van der Waals surface area contributed by atoms with Crippen LogP contribution in [0.4, 0.5) is 9.59 Å². The average Bonchev–Trinajstić information content (AvgIpc) is 2.69. The van der Waals surface area contributed by atoms with Gasteiger partial charge in [0.25, 0.3) is 0 Å². The molecule has 1 rings (SSSR count). The van der Waals surface area contributed by atoms with Gasteiger partial charge in [-0.3, -0.25) is 0 Å². The maximum atomic E-state index is 12.3. The number of ether oxygens (including phenoxy) is 2. The largest absolute Gasteiger partial charge is 0.458 e. The predicted molar refractivity (Wildman–Crippen MR) is 101 cm³/mol. The molecule has 9 heteroatoms. The highest BCUT2D eigenvalue weighted by molar-refractivity contribution is 5.94. The first-order chi connectivity index (χ1) is 13.1. The highest BCUT2D eigenvalue weighted by Crippen LogP contribution is 2.08. The normalized spacial score (nSPS) is 12.4. The zero-order chi connectivity index (χ0) is 21.4. The number of imide groups is 1. The van der Waals surface area contributed by atoms with Gasteiger partial charge in [0, 0.05) is 28.2 Å². The number of nitrogens with zero attached hydrogens (tertiary/aromatic N) is 3. The minimum atomic E-state index is -1.14. The van der Waals surface area contributed by atoms with E-state index in [2.05, 4.69) is 0 Å². The Morgan fingerprint density at radius 2 is 1.46 bits per heavy atom. The second kappa shape index (κ2) is 10.3. The molecule has 0 saturated carbocycles. The molecule has 2 atom stereocenters. The molecule has 0 heterocycles. The summed E-state index contributed by atoms with van der Waals surface area (Å²) in [5, 5.41) is 0. The van der Waals surface area contributed by atoms with Crippen molar-refractivity contribution < 1.29 is 28.7 Å². The number of amides is 4. The molecular weight excluding hydrogens is 366 g/mol. The van der Waals surface area contributed by atoms with Crippen molar-refractivity contribution in [1.82, 2.24) is 14.7 Å². The van der Waals surface area contributed by atoms with Crippen molar-refractivity contribution in [1.29, 1.82) is 0 Å². The highest BCUT2D eigenvalue weighted by atomic mass is 16.6. The van der Waals surface area contributed by atoms with Crippen molar-refractivity contribution in [2.45, 2.75) is 32.6 Å². The third kappa shape index (κ3) is 6.26. The van der Waals surface area contributed by atoms with Crippen LogP contribution < -0.4 is 0 Å². The number of urea groups is 2. The standard InChI is InChI=1S/C19H27N3O6/c1-13(21(5)19(26)22(6)18(25)20(3)4)16(23)28-14(2)17(24)27-12-15-10-8-7-9-11-15/h7-11,13-14H,12H2,1-6H3. The van der Waals surface area contributed by atoms with Gasteiger partial charge >= 0.3 is 24.0 Å². The van der Waals surface area contributed by atoms with Gasteiger partial charge in [0.15, 0.2) is 6.10 Å². The van der Waals surface area contributed by atoms with Gasteiger partial charge in [-0.1, -0.05) is 30.3 Å². The number of benzene rings is 1. The van der Waals surface area contributed by atoms with Gasteiger partial charge in [0.2, 0.25) is 0 Å². The molecule has 2 unspecified atom stereocenters. The monoisotopic (exact) mass is 393 g/mol. The molecular formula is C19H27N3O6. The third-order valence-electron chi connectivity index (χ3n) is 4.03. The number of likely N-dealkylation sites (N-methyl/N-ethyl adjacent to an activating group) is 1. The first-order valence-corrected chi connectivity index (χ1v) is 8.69. The molecule has 0 aliphatic rings. The van der Waals surface area contributed by atoms with E-state index in [0.717, 1.165) is 15.4 Å². The number of hydrogen-bond donors (Lipinski definition) is 0. The summed E-state index contributed by atoms with van der Waals surface area (Å²) in [6, 6.07) is 6.87. The van der Waals surface area contributed by atoms with Crippen LogP contribution in [0.2, 0.25) is 0 Å². The molecule has 0 fully saturated rings. The van der Waals surface area contributed by atoms with Gasteiger partial charge in [-0.25, -0.2) is 24.1 Å². The van der Waals surface area contributed by atoms with Crippen molar-refractivity contribution in [2.75, 3.05) is 28.2 Å². The molecule has 0 radical (unpaired) electrons. The number of esters is 2. The molecule has 1 aromatic carbocycles. The topological polar surface area (TPSA) is 96.5 Å². The molecule has 154 valence electrons. The molecule has 0 spiro atoms. The van der Waals surface area contributed by atoms with E-state index in [0.29, 0.717) is 0 Å². The fourth-order valence-corrected chi connectivity index (χ4v) is 2.11. The highest BCUT2D eigenvalue weighted by Gasteiger charge is 2.31. The van der Waals surface area contributed by atoms with Crippen molar-refractivity contribution in [2.24, 2.45) is 0 Å². The molecule has 0 aromatic heterocycles. The van der Waals surface area contributed by atoms with E-state index < -0.39 is 36.1 Å². The Balaban J connectivity index is 2.58. The van der Waals surface area contributed by atoms with E-state index in [9.17, 15) is 19.2 Å². The van der Waals surface area contributed by atoms with Crippen LogP contribution in [0.1, 0.15) is 19.4 Å². The number of hydrogen-bond acceptors (Lipinski definition) is 6. The fourth-order valence-electron chi connectivity index (χ4n) is 2.11. The average molecular weight is 393 g/mol. The van der Waals surface area contributed by atoms with Gasteiger partial charge in [0.05, 0.1) is 0 Å². The van der Waals surface area contributed by atoms with E-state index in [4.69, 9.17) is 9.47 Å². The summed E-state index contributed by atoms with van der Waals surface area (Å²) in [5.41, 5.74) is 0.807. The van der Waals surface area contributed by atoms with E-state index >= 15 is 0 Å². The Labute approximate surface area is 164 Å². The first kappa shape index (κ1) is 22.9. The van der Waals surface area contributed by atoms with Crippen LogP contribution in [0.15, 0.2) is 30.3 Å². The molecule has 0 aliphatic carbocycles. The van der Waals surface area contributed by atoms with Crippen LogP contribution in [0.3, 0.4) is 0 Å². The lowest BCUT2D eigenvalue weighted by molar-refractivity contribution is -0.169. The van der Waals surface area contributed by atoms with Crippen LogP contribution in [-0.4, -0.2) is 79.0 Å². The minimum absolute atomic E-state index is 0.0624. The molecule has 0 bridgehead atoms. The SMILES string of the molecule is CC(OC(=O)C(C)N(C)C(=O)N(C)C(=O)N(C)C)C(=O)OCc1ccccc1. The Bertz CT molecular complexity index is 707. The Morgan fingerprint density at radius 1 is 0.893 bits per heavy atom. The van der Waals surface area contributed by atoms with Crippen molar-refractivity contribution in [3.63, 3.8) is 0 Å². The number of rotatable bonds is 6. The predicted octanol–water partition coefficient (Wildman–Crippen LogP) is 1.72. The van der Waals surface area contributed by atoms with Gasteiger partial charge in [-0.2, -0.15) is 0 Å². The first-order valence-electron chi connectivity index (χ1n) is 8.69. The molecule has 0 N–H and O–H groups in total. The molecule has 28 heavy (non-hydrogen) atoms. The summed E-state index contributed by atoms with van der Waals surface area (Å²) in [7, 11) is 5.69. The summed E-state index contributed by atoms with van der Waals surface area (Å²) < 4.78 is 10.2. The van der Waals surface area contributed by atoms with E-state index in [1.807, 2.05) is 18.2 Å². The zero-order valence-electron chi connectivity index (χ0n) is 17.0. The maximum Gasteiger partial charge on any atom is 0.347 e. The van der Waals surface area contributed by atoms with Gasteiger partial charge in [-0.05, 0) is 19.4 Å². The summed E-state index contributed by atoms with van der Waals surface area (Å²) in [5.74, 6) is -1.48. The van der Waals surface area contributed by atoms with Crippen LogP contribution >= 0.6 is 0 Å². The number of carbonyl (C=O) groups excluding carboxylic acids is 4. The van der Waals surface area contributed by atoms with Crippen LogP contribution in [0, 0.1) is 0 Å². The van der Waals surface area contributed by atoms with Crippen LogP contribution in [-0.2, 0) is 25.7 Å². The number of carbonyl (C=O) groups is 4. The summed E-state index contributed by atoms with van der Waals surface area (Å²) in [6.45, 7) is 2.89. The second-order valence-electron chi connectivity index (χ2n) is 6.48. The van der Waals surface area contributed by atoms with Crippen LogP contribution in [0.5, 0.6) is 0 Å². The van der Waals surface area contributed by atoms with E-state index in [1.165, 1.54) is 46.9 Å². The van der Waals surface area contributed by atoms with Crippen molar-refractivity contribution >= 4 is 24.0 Å². The van der Waals surface area contributed by atoms with E-state index in [-0.39, 0.29) is 6.61 Å². The Morgan fingerprint density at radius 3 is 2.00 bits per heavy atom. The van der Waals surface area contributed by atoms with Gasteiger partial charge < -0.3 is 19.3 Å². The maximum absolute atomic E-state index is 12.3. The molecule has 9 nitrogen and oxygen atoms in total.